The summed E-state index contributed by atoms with van der Waals surface area (Å²) in [6.07, 6.45) is 0.397. The molecule has 0 saturated carbocycles. The molecule has 0 aromatic heterocycles. The van der Waals surface area contributed by atoms with Crippen molar-refractivity contribution in [1.82, 2.24) is 10.2 Å². The summed E-state index contributed by atoms with van der Waals surface area (Å²) < 4.78 is 5.64. The zero-order valence-corrected chi connectivity index (χ0v) is 14.9. The molecule has 1 heterocycles. The van der Waals surface area contributed by atoms with Crippen molar-refractivity contribution >= 4 is 12.1 Å². The van der Waals surface area contributed by atoms with E-state index < -0.39 is 5.97 Å². The van der Waals surface area contributed by atoms with Gasteiger partial charge in [0.05, 0.1) is 6.54 Å². The van der Waals surface area contributed by atoms with Crippen LogP contribution in [0.5, 0.6) is 0 Å². The van der Waals surface area contributed by atoms with Crippen LogP contribution in [0.25, 0.3) is 11.1 Å². The van der Waals surface area contributed by atoms with Gasteiger partial charge in [-0.25, -0.2) is 4.79 Å². The van der Waals surface area contributed by atoms with Crippen LogP contribution >= 0.6 is 0 Å². The van der Waals surface area contributed by atoms with Crippen molar-refractivity contribution in [2.24, 2.45) is 0 Å². The molecule has 1 amide bonds. The predicted octanol–water partition coefficient (Wildman–Crippen LogP) is 2.68. The first-order valence-electron chi connectivity index (χ1n) is 9.18. The number of nitrogens with one attached hydrogen (secondary N) is 1. The summed E-state index contributed by atoms with van der Waals surface area (Å²) >= 11 is 0. The van der Waals surface area contributed by atoms with E-state index in [-0.39, 0.29) is 24.6 Å². The molecule has 6 nitrogen and oxygen atoms in total. The Hall–Kier alpha value is -2.86. The first kappa shape index (κ1) is 17.5. The van der Waals surface area contributed by atoms with E-state index in [4.69, 9.17) is 9.84 Å². The minimum atomic E-state index is -0.894. The van der Waals surface area contributed by atoms with Crippen molar-refractivity contribution < 1.29 is 19.4 Å². The Morgan fingerprint density at radius 2 is 1.70 bits per heavy atom. The number of nitrogens with zero attached hydrogens (tertiary/aromatic N) is 1. The predicted molar refractivity (Wildman–Crippen MR) is 101 cm³/mol. The number of hydrogen-bond donors (Lipinski definition) is 2. The SMILES string of the molecule is O=C(O)CNC1CCN(C(=O)OCC2c3ccccc3-c3ccccc32)C1. The zero-order chi connectivity index (χ0) is 18.8. The molecule has 140 valence electrons. The Balaban J connectivity index is 1.39. The van der Waals surface area contributed by atoms with Gasteiger partial charge < -0.3 is 20.1 Å². The van der Waals surface area contributed by atoms with E-state index in [0.717, 1.165) is 6.42 Å². The Bertz CT molecular complexity index is 821. The molecule has 1 aliphatic heterocycles. The molecule has 2 aromatic rings. The minimum Gasteiger partial charge on any atom is -0.480 e. The second kappa shape index (κ2) is 7.40. The second-order valence-corrected chi connectivity index (χ2v) is 7.01. The summed E-state index contributed by atoms with van der Waals surface area (Å²) in [5.41, 5.74) is 4.78. The summed E-state index contributed by atoms with van der Waals surface area (Å²) in [7, 11) is 0. The number of ether oxygens (including phenoxy) is 1. The number of carbonyl (C=O) groups is 2. The van der Waals surface area contributed by atoms with Gasteiger partial charge in [0.15, 0.2) is 0 Å². The lowest BCUT2D eigenvalue weighted by Gasteiger charge is -2.19. The van der Waals surface area contributed by atoms with Crippen LogP contribution in [0.15, 0.2) is 48.5 Å². The van der Waals surface area contributed by atoms with E-state index in [1.54, 1.807) is 4.90 Å². The van der Waals surface area contributed by atoms with E-state index in [9.17, 15) is 9.59 Å². The molecule has 0 bridgehead atoms. The molecular formula is C21H22N2O4. The van der Waals surface area contributed by atoms with Gasteiger partial charge in [-0.2, -0.15) is 0 Å². The summed E-state index contributed by atoms with van der Waals surface area (Å²) in [6, 6.07) is 16.5. The quantitative estimate of drug-likeness (QED) is 0.851. The van der Waals surface area contributed by atoms with Gasteiger partial charge in [0.2, 0.25) is 0 Å². The summed E-state index contributed by atoms with van der Waals surface area (Å²) in [4.78, 5) is 24.8. The Kier molecular flexibility index (Phi) is 4.81. The van der Waals surface area contributed by atoms with Crippen molar-refractivity contribution in [3.05, 3.63) is 59.7 Å². The van der Waals surface area contributed by atoms with Gasteiger partial charge in [-0.1, -0.05) is 48.5 Å². The van der Waals surface area contributed by atoms with Crippen LogP contribution in [-0.2, 0) is 9.53 Å². The average molecular weight is 366 g/mol. The first-order valence-corrected chi connectivity index (χ1v) is 9.18. The molecule has 1 aliphatic carbocycles. The topological polar surface area (TPSA) is 78.9 Å². The van der Waals surface area contributed by atoms with Gasteiger partial charge >= 0.3 is 12.1 Å². The maximum absolute atomic E-state index is 12.5. The molecule has 6 heteroatoms. The number of fused-ring (bicyclic) bond motifs is 3. The van der Waals surface area contributed by atoms with E-state index in [1.807, 2.05) is 24.3 Å². The number of amides is 1. The molecule has 4 rings (SSSR count). The molecule has 1 atom stereocenters. The highest BCUT2D eigenvalue weighted by Crippen LogP contribution is 2.44. The molecular weight excluding hydrogens is 344 g/mol. The van der Waals surface area contributed by atoms with Gasteiger partial charge in [0.1, 0.15) is 6.61 Å². The maximum atomic E-state index is 12.5. The van der Waals surface area contributed by atoms with Gasteiger partial charge in [0, 0.05) is 25.0 Å². The van der Waals surface area contributed by atoms with Crippen LogP contribution in [0.1, 0.15) is 23.5 Å². The largest absolute Gasteiger partial charge is 0.480 e. The number of carboxylic acid groups (broad SMARTS) is 1. The summed E-state index contributed by atoms with van der Waals surface area (Å²) in [6.45, 7) is 1.26. The number of aliphatic carboxylic acids is 1. The Morgan fingerprint density at radius 1 is 1.07 bits per heavy atom. The number of carbonyl (C=O) groups excluding carboxylic acids is 1. The Morgan fingerprint density at radius 3 is 2.33 bits per heavy atom. The minimum absolute atomic E-state index is 0.00147. The molecule has 2 aromatic carbocycles. The van der Waals surface area contributed by atoms with E-state index in [2.05, 4.69) is 29.6 Å². The van der Waals surface area contributed by atoms with Crippen LogP contribution in [0.3, 0.4) is 0 Å². The monoisotopic (exact) mass is 366 g/mol. The molecule has 1 fully saturated rings. The third-order valence-electron chi connectivity index (χ3n) is 5.32. The van der Waals surface area contributed by atoms with Crippen molar-refractivity contribution in [3.8, 4) is 11.1 Å². The van der Waals surface area contributed by atoms with Crippen molar-refractivity contribution in [1.29, 1.82) is 0 Å². The molecule has 1 saturated heterocycles. The van der Waals surface area contributed by atoms with Gasteiger partial charge in [0.25, 0.3) is 0 Å². The normalized spacial score (nSPS) is 18.2. The summed E-state index contributed by atoms with van der Waals surface area (Å²) in [5.74, 6) is -0.848. The number of likely N-dealkylation sites (tertiary alicyclic amines) is 1. The van der Waals surface area contributed by atoms with Crippen LogP contribution in [0.2, 0.25) is 0 Å². The van der Waals surface area contributed by atoms with Crippen LogP contribution in [-0.4, -0.2) is 54.4 Å². The Labute approximate surface area is 157 Å². The highest BCUT2D eigenvalue weighted by Gasteiger charge is 2.31. The molecule has 0 spiro atoms. The number of benzene rings is 2. The molecule has 2 aliphatic rings. The van der Waals surface area contributed by atoms with E-state index in [1.165, 1.54) is 22.3 Å². The highest BCUT2D eigenvalue weighted by atomic mass is 16.6. The number of rotatable bonds is 5. The average Bonchev–Trinajstić information content (AvgIpc) is 3.28. The third kappa shape index (κ3) is 3.53. The maximum Gasteiger partial charge on any atom is 0.409 e. The lowest BCUT2D eigenvalue weighted by Crippen LogP contribution is -2.38. The molecule has 0 radical (unpaired) electrons. The second-order valence-electron chi connectivity index (χ2n) is 7.01. The number of hydrogen-bond acceptors (Lipinski definition) is 4. The first-order chi connectivity index (χ1) is 13.1. The molecule has 27 heavy (non-hydrogen) atoms. The fourth-order valence-electron chi connectivity index (χ4n) is 4.01. The van der Waals surface area contributed by atoms with Crippen LogP contribution in [0, 0.1) is 0 Å². The van der Waals surface area contributed by atoms with Crippen molar-refractivity contribution in [3.63, 3.8) is 0 Å². The lowest BCUT2D eigenvalue weighted by atomic mass is 9.98. The van der Waals surface area contributed by atoms with Gasteiger partial charge in [-0.15, -0.1) is 0 Å². The van der Waals surface area contributed by atoms with Crippen LogP contribution < -0.4 is 5.32 Å². The zero-order valence-electron chi connectivity index (χ0n) is 14.9. The fourth-order valence-corrected chi connectivity index (χ4v) is 4.01. The molecule has 2 N–H and O–H groups in total. The molecule has 1 unspecified atom stereocenters. The summed E-state index contributed by atoms with van der Waals surface area (Å²) in [5, 5.41) is 11.7. The highest BCUT2D eigenvalue weighted by molar-refractivity contribution is 5.79. The van der Waals surface area contributed by atoms with Gasteiger partial charge in [-0.05, 0) is 28.7 Å². The standard InChI is InChI=1S/C21H22N2O4/c24-20(25)11-22-14-9-10-23(12-14)21(26)27-13-19-17-7-3-1-5-15(17)16-6-2-4-8-18(16)19/h1-8,14,19,22H,9-13H2,(H,24,25). The van der Waals surface area contributed by atoms with Crippen molar-refractivity contribution in [2.75, 3.05) is 26.2 Å². The van der Waals surface area contributed by atoms with E-state index >= 15 is 0 Å². The van der Waals surface area contributed by atoms with E-state index in [0.29, 0.717) is 19.7 Å². The van der Waals surface area contributed by atoms with Gasteiger partial charge in [-0.3, -0.25) is 4.79 Å². The smallest absolute Gasteiger partial charge is 0.409 e. The van der Waals surface area contributed by atoms with Crippen molar-refractivity contribution in [2.45, 2.75) is 18.4 Å². The lowest BCUT2D eigenvalue weighted by molar-refractivity contribution is -0.136. The number of carboxylic acids is 1. The van der Waals surface area contributed by atoms with Crippen LogP contribution in [0.4, 0.5) is 4.79 Å². The fraction of sp³-hybridized carbons (Fsp3) is 0.333. The third-order valence-corrected chi connectivity index (χ3v) is 5.32.